The van der Waals surface area contributed by atoms with Gasteiger partial charge >= 0.3 is 0 Å². The van der Waals surface area contributed by atoms with E-state index in [-0.39, 0.29) is 5.56 Å². The lowest BCUT2D eigenvalue weighted by Crippen LogP contribution is -2.23. The Hall–Kier alpha value is -4.28. The second-order valence-corrected chi connectivity index (χ2v) is 10.2. The molecular weight excluding hydrogens is 566 g/mol. The molecule has 3 aromatic carbocycles. The maximum absolute atomic E-state index is 13.3. The number of aromatic nitrogens is 5. The first-order chi connectivity index (χ1) is 18.5. The van der Waals surface area contributed by atoms with E-state index >= 15 is 0 Å². The van der Waals surface area contributed by atoms with Crippen LogP contribution in [0.15, 0.2) is 88.3 Å². The number of nitrogens with zero attached hydrogens (tertiary/aromatic N) is 5. The number of hydrogen-bond acceptors (Lipinski definition) is 7. The van der Waals surface area contributed by atoms with Gasteiger partial charge in [0, 0.05) is 22.9 Å². The first-order valence-electron chi connectivity index (χ1n) is 11.6. The molecule has 0 amide bonds. The average molecular weight is 586 g/mol. The number of rotatable bonds is 6. The maximum atomic E-state index is 13.3. The summed E-state index contributed by atoms with van der Waals surface area (Å²) in [6.45, 7) is 0. The second kappa shape index (κ2) is 9.88. The van der Waals surface area contributed by atoms with Gasteiger partial charge in [-0.05, 0) is 76.6 Å². The molecule has 0 spiro atoms. The summed E-state index contributed by atoms with van der Waals surface area (Å²) in [6.07, 6.45) is 3.76. The first-order valence-corrected chi connectivity index (χ1v) is 13.2. The van der Waals surface area contributed by atoms with Crippen molar-refractivity contribution in [1.82, 2.24) is 24.4 Å². The van der Waals surface area contributed by atoms with Crippen molar-refractivity contribution < 1.29 is 9.47 Å². The lowest BCUT2D eigenvalue weighted by Gasteiger charge is -2.05. The Kier molecular flexibility index (Phi) is 6.26. The summed E-state index contributed by atoms with van der Waals surface area (Å²) in [7, 11) is 3.24. The Bertz CT molecular complexity index is 1880. The van der Waals surface area contributed by atoms with Gasteiger partial charge in [-0.3, -0.25) is 4.79 Å². The van der Waals surface area contributed by atoms with Gasteiger partial charge in [0.15, 0.2) is 5.82 Å². The Balaban J connectivity index is 1.46. The average Bonchev–Trinajstić information content (AvgIpc) is 3.64. The number of thiazole rings is 1. The minimum absolute atomic E-state index is 0.230. The molecule has 6 aromatic rings. The Morgan fingerprint density at radius 3 is 2.37 bits per heavy atom. The summed E-state index contributed by atoms with van der Waals surface area (Å²) < 4.78 is 15.1. The van der Waals surface area contributed by atoms with Crippen LogP contribution in [0.1, 0.15) is 5.56 Å². The molecule has 0 saturated carbocycles. The maximum Gasteiger partial charge on any atom is 0.291 e. The van der Waals surface area contributed by atoms with E-state index in [1.54, 1.807) is 14.2 Å². The van der Waals surface area contributed by atoms with Crippen LogP contribution >= 0.6 is 27.3 Å². The van der Waals surface area contributed by atoms with Gasteiger partial charge in [0.1, 0.15) is 17.2 Å². The van der Waals surface area contributed by atoms with E-state index in [1.807, 2.05) is 89.8 Å². The molecule has 0 saturated heterocycles. The highest BCUT2D eigenvalue weighted by Crippen LogP contribution is 2.32. The normalized spacial score (nSPS) is 11.8. The first kappa shape index (κ1) is 24.1. The van der Waals surface area contributed by atoms with Gasteiger partial charge in [-0.15, -0.1) is 5.10 Å². The molecule has 0 aliphatic heterocycles. The third-order valence-electron chi connectivity index (χ3n) is 6.01. The van der Waals surface area contributed by atoms with Crippen molar-refractivity contribution >= 4 is 38.3 Å². The second-order valence-electron chi connectivity index (χ2n) is 8.34. The Labute approximate surface area is 229 Å². The lowest BCUT2D eigenvalue weighted by atomic mass is 10.1. The molecular formula is C28H20BrN5O3S. The number of para-hydroxylation sites is 1. The largest absolute Gasteiger partial charge is 0.497 e. The molecule has 3 heterocycles. The van der Waals surface area contributed by atoms with E-state index in [2.05, 4.69) is 26.0 Å². The van der Waals surface area contributed by atoms with Gasteiger partial charge in [-0.1, -0.05) is 29.5 Å². The van der Waals surface area contributed by atoms with E-state index in [0.29, 0.717) is 15.3 Å². The van der Waals surface area contributed by atoms with Gasteiger partial charge in [0.25, 0.3) is 5.56 Å². The third-order valence-corrected chi connectivity index (χ3v) is 7.58. The summed E-state index contributed by atoms with van der Waals surface area (Å²) in [6, 6.07) is 23.0. The molecule has 38 heavy (non-hydrogen) atoms. The van der Waals surface area contributed by atoms with Crippen molar-refractivity contribution in [3.05, 3.63) is 104 Å². The molecule has 8 nitrogen and oxygen atoms in total. The minimum Gasteiger partial charge on any atom is -0.497 e. The van der Waals surface area contributed by atoms with E-state index in [4.69, 9.17) is 14.6 Å². The van der Waals surface area contributed by atoms with Crippen LogP contribution in [0.4, 0.5) is 0 Å². The highest BCUT2D eigenvalue weighted by atomic mass is 79.9. The van der Waals surface area contributed by atoms with Crippen molar-refractivity contribution in [3.8, 4) is 39.8 Å². The molecule has 0 N–H and O–H groups in total. The van der Waals surface area contributed by atoms with Crippen molar-refractivity contribution in [3.63, 3.8) is 0 Å². The van der Waals surface area contributed by atoms with Gasteiger partial charge < -0.3 is 9.47 Å². The van der Waals surface area contributed by atoms with Gasteiger partial charge in [-0.2, -0.15) is 14.6 Å². The number of methoxy groups -OCH3 is 2. The molecule has 0 bridgehead atoms. The number of benzene rings is 3. The number of ether oxygens (including phenoxy) is 2. The molecule has 3 aromatic heterocycles. The number of fused-ring (bicyclic) bond motifs is 1. The summed E-state index contributed by atoms with van der Waals surface area (Å²) in [5.74, 6) is 1.96. The highest BCUT2D eigenvalue weighted by molar-refractivity contribution is 9.10. The standard InChI is InChI=1S/C28H20BrN5O3S/c1-36-21-11-8-17(9-12-21)26-30-28-34(32-26)27(35)24(38-28)15-19-16-33(20-6-4-3-5-7-20)31-25(19)18-10-13-23(37-2)22(29)14-18/h3-16H,1-2H3/b24-15-. The molecule has 0 fully saturated rings. The zero-order valence-corrected chi connectivity index (χ0v) is 22.7. The third kappa shape index (κ3) is 4.37. The monoisotopic (exact) mass is 585 g/mol. The molecule has 0 aliphatic rings. The zero-order valence-electron chi connectivity index (χ0n) is 20.3. The van der Waals surface area contributed by atoms with E-state index in [1.165, 1.54) is 15.9 Å². The van der Waals surface area contributed by atoms with Crippen LogP contribution in [-0.4, -0.2) is 38.6 Å². The van der Waals surface area contributed by atoms with Crippen LogP contribution in [0.25, 0.3) is 39.4 Å². The lowest BCUT2D eigenvalue weighted by molar-refractivity contribution is 0.412. The molecule has 0 unspecified atom stereocenters. The predicted octanol–water partition coefficient (Wildman–Crippen LogP) is 5.00. The SMILES string of the molecule is COc1ccc(-c2nc3s/c(=C\c4cn(-c5ccccc5)nc4-c4ccc(OC)c(Br)c4)c(=O)n3n2)cc1. The van der Waals surface area contributed by atoms with Crippen molar-refractivity contribution in [1.29, 1.82) is 0 Å². The zero-order chi connectivity index (χ0) is 26.2. The fourth-order valence-corrected chi connectivity index (χ4v) is 5.52. The van der Waals surface area contributed by atoms with Gasteiger partial charge in [-0.25, -0.2) is 4.68 Å². The molecule has 188 valence electrons. The van der Waals surface area contributed by atoms with Crippen LogP contribution in [0.2, 0.25) is 0 Å². The summed E-state index contributed by atoms with van der Waals surface area (Å²) in [5.41, 5.74) is 3.90. The van der Waals surface area contributed by atoms with Crippen LogP contribution < -0.4 is 19.6 Å². The molecule has 0 radical (unpaired) electrons. The minimum atomic E-state index is -0.230. The number of hydrogen-bond donors (Lipinski definition) is 0. The summed E-state index contributed by atoms with van der Waals surface area (Å²) in [5, 5.41) is 9.33. The fraction of sp³-hybridized carbons (Fsp3) is 0.0714. The van der Waals surface area contributed by atoms with Crippen LogP contribution in [-0.2, 0) is 0 Å². The topological polar surface area (TPSA) is 83.5 Å². The molecule has 0 atom stereocenters. The van der Waals surface area contributed by atoms with Crippen molar-refractivity contribution in [2.24, 2.45) is 0 Å². The quantitative estimate of drug-likeness (QED) is 0.273. The van der Waals surface area contributed by atoms with Crippen LogP contribution in [0, 0.1) is 0 Å². The smallest absolute Gasteiger partial charge is 0.291 e. The molecule has 0 aliphatic carbocycles. The highest BCUT2D eigenvalue weighted by Gasteiger charge is 2.16. The van der Waals surface area contributed by atoms with Gasteiger partial charge in [0.2, 0.25) is 4.96 Å². The number of halogens is 1. The van der Waals surface area contributed by atoms with Crippen molar-refractivity contribution in [2.45, 2.75) is 0 Å². The van der Waals surface area contributed by atoms with Gasteiger partial charge in [0.05, 0.1) is 28.9 Å². The summed E-state index contributed by atoms with van der Waals surface area (Å²) in [4.78, 5) is 18.4. The van der Waals surface area contributed by atoms with Crippen molar-refractivity contribution in [2.75, 3.05) is 14.2 Å². The Morgan fingerprint density at radius 1 is 0.921 bits per heavy atom. The Morgan fingerprint density at radius 2 is 1.68 bits per heavy atom. The summed E-state index contributed by atoms with van der Waals surface area (Å²) >= 11 is 4.86. The van der Waals surface area contributed by atoms with Crippen LogP contribution in [0.5, 0.6) is 11.5 Å². The van der Waals surface area contributed by atoms with E-state index in [0.717, 1.165) is 44.0 Å². The van der Waals surface area contributed by atoms with Crippen LogP contribution in [0.3, 0.4) is 0 Å². The molecule has 6 rings (SSSR count). The molecule has 10 heteroatoms. The fourth-order valence-electron chi connectivity index (χ4n) is 4.08. The predicted molar refractivity (Wildman–Crippen MR) is 151 cm³/mol. The van der Waals surface area contributed by atoms with E-state index < -0.39 is 0 Å². The van der Waals surface area contributed by atoms with E-state index in [9.17, 15) is 4.79 Å².